The number of ether oxygens (including phenoxy) is 1. The second-order valence-electron chi connectivity index (χ2n) is 5.89. The molecule has 1 heterocycles. The highest BCUT2D eigenvalue weighted by molar-refractivity contribution is 5.31. The van der Waals surface area contributed by atoms with Gasteiger partial charge in [-0.1, -0.05) is 26.0 Å². The average Bonchev–Trinajstić information content (AvgIpc) is 2.48. The summed E-state index contributed by atoms with van der Waals surface area (Å²) in [4.78, 5) is 2.53. The van der Waals surface area contributed by atoms with Crippen molar-refractivity contribution in [3.8, 4) is 5.75 Å². The molecule has 3 nitrogen and oxygen atoms in total. The molecular weight excluding hydrogens is 248 g/mol. The van der Waals surface area contributed by atoms with Crippen LogP contribution >= 0.6 is 0 Å². The van der Waals surface area contributed by atoms with Gasteiger partial charge in [-0.2, -0.15) is 0 Å². The van der Waals surface area contributed by atoms with Gasteiger partial charge < -0.3 is 10.5 Å². The third kappa shape index (κ3) is 3.97. The van der Waals surface area contributed by atoms with E-state index in [-0.39, 0.29) is 0 Å². The van der Waals surface area contributed by atoms with Gasteiger partial charge in [-0.15, -0.1) is 0 Å². The van der Waals surface area contributed by atoms with Crippen molar-refractivity contribution in [2.75, 3.05) is 26.2 Å². The maximum absolute atomic E-state index is 6.04. The Bertz CT molecular complexity index is 400. The van der Waals surface area contributed by atoms with Crippen LogP contribution in [0.1, 0.15) is 44.7 Å². The van der Waals surface area contributed by atoms with Gasteiger partial charge in [0.25, 0.3) is 0 Å². The minimum absolute atomic E-state index is 0.327. The van der Waals surface area contributed by atoms with E-state index in [0.717, 1.165) is 37.8 Å². The number of piperidine rings is 1. The Kier molecular flexibility index (Phi) is 5.86. The van der Waals surface area contributed by atoms with E-state index in [2.05, 4.69) is 36.9 Å². The van der Waals surface area contributed by atoms with Gasteiger partial charge in [-0.25, -0.2) is 0 Å². The Hall–Kier alpha value is -1.06. The summed E-state index contributed by atoms with van der Waals surface area (Å²) in [7, 11) is 0. The average molecular weight is 276 g/mol. The molecule has 1 aliphatic rings. The Balaban J connectivity index is 2.06. The normalized spacial score (nSPS) is 18.9. The van der Waals surface area contributed by atoms with E-state index in [9.17, 15) is 0 Å². The van der Waals surface area contributed by atoms with Crippen molar-refractivity contribution in [3.05, 3.63) is 29.8 Å². The van der Waals surface area contributed by atoms with E-state index in [0.29, 0.717) is 12.6 Å². The molecule has 1 aromatic rings. The Morgan fingerprint density at radius 3 is 2.75 bits per heavy atom. The first kappa shape index (κ1) is 15.3. The van der Waals surface area contributed by atoms with Crippen molar-refractivity contribution in [1.29, 1.82) is 0 Å². The van der Waals surface area contributed by atoms with Crippen LogP contribution in [0.2, 0.25) is 0 Å². The smallest absolute Gasteiger partial charge is 0.119 e. The minimum atomic E-state index is 0.327. The fourth-order valence-corrected chi connectivity index (χ4v) is 2.87. The van der Waals surface area contributed by atoms with E-state index < -0.39 is 0 Å². The summed E-state index contributed by atoms with van der Waals surface area (Å²) in [6.45, 7) is 8.23. The van der Waals surface area contributed by atoms with Crippen molar-refractivity contribution in [2.24, 2.45) is 11.7 Å². The number of nitrogens with two attached hydrogens (primary N) is 1. The van der Waals surface area contributed by atoms with E-state index in [1.54, 1.807) is 0 Å². The zero-order valence-electron chi connectivity index (χ0n) is 12.8. The molecule has 2 rings (SSSR count). The van der Waals surface area contributed by atoms with E-state index in [1.165, 1.54) is 18.4 Å². The standard InChI is InChI=1S/C17H28N2O/c1-3-11-20-16-6-4-5-15(12-16)17(13-18)19-9-7-14(2)8-10-19/h4-6,12,14,17H,3,7-11,13,18H2,1-2H3. The van der Waals surface area contributed by atoms with Crippen LogP contribution in [-0.2, 0) is 0 Å². The molecule has 0 aromatic heterocycles. The third-order valence-corrected chi connectivity index (χ3v) is 4.20. The van der Waals surface area contributed by atoms with Gasteiger partial charge in [-0.05, 0) is 56.0 Å². The zero-order chi connectivity index (χ0) is 14.4. The van der Waals surface area contributed by atoms with Crippen LogP contribution in [0.4, 0.5) is 0 Å². The molecule has 1 unspecified atom stereocenters. The van der Waals surface area contributed by atoms with Gasteiger partial charge in [0.15, 0.2) is 0 Å². The van der Waals surface area contributed by atoms with Gasteiger partial charge in [0, 0.05) is 12.6 Å². The van der Waals surface area contributed by atoms with Crippen molar-refractivity contribution < 1.29 is 4.74 Å². The molecule has 0 aliphatic carbocycles. The quantitative estimate of drug-likeness (QED) is 0.867. The topological polar surface area (TPSA) is 38.5 Å². The van der Waals surface area contributed by atoms with Gasteiger partial charge in [-0.3, -0.25) is 4.90 Å². The predicted octanol–water partition coefficient (Wildman–Crippen LogP) is 3.21. The lowest BCUT2D eigenvalue weighted by Gasteiger charge is -2.36. The van der Waals surface area contributed by atoms with E-state index >= 15 is 0 Å². The summed E-state index contributed by atoms with van der Waals surface area (Å²) in [5.41, 5.74) is 7.33. The highest BCUT2D eigenvalue weighted by Gasteiger charge is 2.23. The van der Waals surface area contributed by atoms with Crippen molar-refractivity contribution in [1.82, 2.24) is 4.90 Å². The van der Waals surface area contributed by atoms with Crippen LogP contribution in [0, 0.1) is 5.92 Å². The zero-order valence-corrected chi connectivity index (χ0v) is 12.8. The van der Waals surface area contributed by atoms with Crippen molar-refractivity contribution in [2.45, 2.75) is 39.2 Å². The first-order chi connectivity index (χ1) is 9.74. The molecule has 1 fully saturated rings. The molecule has 0 saturated carbocycles. The summed E-state index contributed by atoms with van der Waals surface area (Å²) in [6.07, 6.45) is 3.60. The van der Waals surface area contributed by atoms with Gasteiger partial charge in [0.1, 0.15) is 5.75 Å². The monoisotopic (exact) mass is 276 g/mol. The van der Waals surface area contributed by atoms with Crippen LogP contribution in [-0.4, -0.2) is 31.1 Å². The summed E-state index contributed by atoms with van der Waals surface area (Å²) in [5.74, 6) is 1.82. The van der Waals surface area contributed by atoms with Crippen LogP contribution in [0.3, 0.4) is 0 Å². The maximum atomic E-state index is 6.04. The lowest BCUT2D eigenvalue weighted by Crippen LogP contribution is -2.39. The molecule has 0 amide bonds. The molecule has 1 saturated heterocycles. The van der Waals surface area contributed by atoms with E-state index in [4.69, 9.17) is 10.5 Å². The van der Waals surface area contributed by atoms with E-state index in [1.807, 2.05) is 6.07 Å². The second-order valence-corrected chi connectivity index (χ2v) is 5.89. The molecule has 1 atom stereocenters. The van der Waals surface area contributed by atoms with Gasteiger partial charge in [0.2, 0.25) is 0 Å². The number of rotatable bonds is 6. The summed E-state index contributed by atoms with van der Waals surface area (Å²) in [6, 6.07) is 8.77. The number of hydrogen-bond donors (Lipinski definition) is 1. The molecule has 112 valence electrons. The van der Waals surface area contributed by atoms with Gasteiger partial charge in [0.05, 0.1) is 6.61 Å². The third-order valence-electron chi connectivity index (χ3n) is 4.20. The van der Waals surface area contributed by atoms with Crippen molar-refractivity contribution >= 4 is 0 Å². The minimum Gasteiger partial charge on any atom is -0.494 e. The lowest BCUT2D eigenvalue weighted by molar-refractivity contribution is 0.141. The fourth-order valence-electron chi connectivity index (χ4n) is 2.87. The van der Waals surface area contributed by atoms with Gasteiger partial charge >= 0.3 is 0 Å². The molecule has 1 aliphatic heterocycles. The maximum Gasteiger partial charge on any atom is 0.119 e. The lowest BCUT2D eigenvalue weighted by atomic mass is 9.96. The number of hydrogen-bond acceptors (Lipinski definition) is 3. The number of nitrogens with zero attached hydrogens (tertiary/aromatic N) is 1. The highest BCUT2D eigenvalue weighted by atomic mass is 16.5. The molecular formula is C17H28N2O. The molecule has 2 N–H and O–H groups in total. The fraction of sp³-hybridized carbons (Fsp3) is 0.647. The Labute approximate surface area is 123 Å². The Morgan fingerprint density at radius 1 is 1.35 bits per heavy atom. The van der Waals surface area contributed by atoms with Crippen molar-refractivity contribution in [3.63, 3.8) is 0 Å². The highest BCUT2D eigenvalue weighted by Crippen LogP contribution is 2.28. The second kappa shape index (κ2) is 7.65. The molecule has 1 aromatic carbocycles. The summed E-state index contributed by atoms with van der Waals surface area (Å²) >= 11 is 0. The first-order valence-corrected chi connectivity index (χ1v) is 7.91. The van der Waals surface area contributed by atoms with Crippen LogP contribution in [0.15, 0.2) is 24.3 Å². The molecule has 3 heteroatoms. The summed E-state index contributed by atoms with van der Waals surface area (Å²) in [5, 5.41) is 0. The van der Waals surface area contributed by atoms with Crippen LogP contribution in [0.5, 0.6) is 5.75 Å². The predicted molar refractivity (Wildman–Crippen MR) is 84.0 cm³/mol. The molecule has 20 heavy (non-hydrogen) atoms. The number of benzene rings is 1. The first-order valence-electron chi connectivity index (χ1n) is 7.91. The van der Waals surface area contributed by atoms with Crippen LogP contribution in [0.25, 0.3) is 0 Å². The summed E-state index contributed by atoms with van der Waals surface area (Å²) < 4.78 is 5.74. The number of likely N-dealkylation sites (tertiary alicyclic amines) is 1. The van der Waals surface area contributed by atoms with Crippen LogP contribution < -0.4 is 10.5 Å². The molecule has 0 radical (unpaired) electrons. The SMILES string of the molecule is CCCOc1cccc(C(CN)N2CCC(C)CC2)c1. The Morgan fingerprint density at radius 2 is 2.10 bits per heavy atom. The molecule has 0 bridgehead atoms. The molecule has 0 spiro atoms. The largest absolute Gasteiger partial charge is 0.494 e.